The highest BCUT2D eigenvalue weighted by atomic mass is 79.9. The zero-order valence-corrected chi connectivity index (χ0v) is 18.7. The number of H-pyrrole nitrogens is 1. The molecular weight excluding hydrogens is 466 g/mol. The van der Waals surface area contributed by atoms with E-state index in [0.29, 0.717) is 11.7 Å². The maximum Gasteiger partial charge on any atom is 0.165 e. The maximum atomic E-state index is 6.47. The van der Waals surface area contributed by atoms with Crippen LogP contribution in [0.15, 0.2) is 65.7 Å². The molecule has 4 heterocycles. The minimum Gasteiger partial charge on any atom is -0.383 e. The smallest absolute Gasteiger partial charge is 0.165 e. The number of anilines is 1. The Bertz CT molecular complexity index is 1480. The fourth-order valence-corrected chi connectivity index (χ4v) is 4.98. The molecule has 0 saturated carbocycles. The first-order valence-electron chi connectivity index (χ1n) is 10.5. The third-order valence-electron chi connectivity index (χ3n) is 6.23. The molecule has 1 aliphatic carbocycles. The molecule has 1 aromatic carbocycles. The van der Waals surface area contributed by atoms with E-state index in [-0.39, 0.29) is 0 Å². The third kappa shape index (κ3) is 3.10. The van der Waals surface area contributed by atoms with Crippen molar-refractivity contribution in [2.75, 3.05) is 5.73 Å². The summed E-state index contributed by atoms with van der Waals surface area (Å²) in [5.41, 5.74) is 13.4. The summed E-state index contributed by atoms with van der Waals surface area (Å²) in [4.78, 5) is 9.63. The Kier molecular flexibility index (Phi) is 4.53. The number of aromatic amines is 1. The number of hydrogen-bond acceptors (Lipinski definition) is 5. The van der Waals surface area contributed by atoms with Crippen LogP contribution < -0.4 is 5.73 Å². The number of nitrogen functional groups attached to an aromatic ring is 1. The van der Waals surface area contributed by atoms with E-state index < -0.39 is 0 Å². The molecule has 0 amide bonds. The van der Waals surface area contributed by atoms with Crippen molar-refractivity contribution >= 4 is 43.9 Å². The lowest BCUT2D eigenvalue weighted by Crippen LogP contribution is -2.08. The molecule has 0 radical (unpaired) electrons. The number of nitrogens with zero attached hydrogens (tertiary/aromatic N) is 5. The highest BCUT2D eigenvalue weighted by molar-refractivity contribution is 9.10. The molecule has 0 saturated heterocycles. The molecule has 7 nitrogen and oxygen atoms in total. The van der Waals surface area contributed by atoms with E-state index in [4.69, 9.17) is 10.7 Å². The molecule has 0 fully saturated rings. The summed E-state index contributed by atoms with van der Waals surface area (Å²) in [5.74, 6) is 1.02. The second-order valence-corrected chi connectivity index (χ2v) is 8.90. The lowest BCUT2D eigenvalue weighted by atomic mass is 9.85. The number of fused-ring (bicyclic) bond motifs is 2. The summed E-state index contributed by atoms with van der Waals surface area (Å²) < 4.78 is 2.47. The number of pyridine rings is 1. The fraction of sp³-hybridized carbons (Fsp3) is 0.167. The van der Waals surface area contributed by atoms with Gasteiger partial charge in [0.25, 0.3) is 0 Å². The number of hydrogen-bond donors (Lipinski definition) is 2. The van der Waals surface area contributed by atoms with E-state index in [0.717, 1.165) is 57.1 Å². The number of nitrogens with one attached hydrogen (secondary N) is 1. The Balaban J connectivity index is 1.44. The summed E-state index contributed by atoms with van der Waals surface area (Å²) in [7, 11) is 0. The van der Waals surface area contributed by atoms with E-state index in [1.807, 2.05) is 43.0 Å². The molecule has 3 N–H and O–H groups in total. The Morgan fingerprint density at radius 1 is 1.16 bits per heavy atom. The molecule has 158 valence electrons. The third-order valence-corrected chi connectivity index (χ3v) is 7.01. The van der Waals surface area contributed by atoms with E-state index in [1.165, 1.54) is 11.1 Å². The van der Waals surface area contributed by atoms with Gasteiger partial charge in [0.05, 0.1) is 28.1 Å². The van der Waals surface area contributed by atoms with Gasteiger partial charge in [0.2, 0.25) is 0 Å². The monoisotopic (exact) mass is 485 g/mol. The van der Waals surface area contributed by atoms with Crippen molar-refractivity contribution in [2.45, 2.75) is 25.2 Å². The SMILES string of the molecule is Nc1c(Br)c(C2=CCC(c3cn[nH]c3)CC2)nc2c(-c3cnc4ccccc4c3)cnn12. The van der Waals surface area contributed by atoms with Crippen LogP contribution in [-0.4, -0.2) is 29.8 Å². The Hall–Kier alpha value is -3.52. The Labute approximate surface area is 192 Å². The standard InChI is InChI=1S/C24H20BrN7/c25-21-22(15-7-5-14(6-8-15)18-11-28-29-12-18)31-24-19(13-30-32(24)23(21)26)17-9-16-3-1-2-4-20(16)27-10-17/h1-4,7,9-14H,5-6,8,26H2,(H,28,29). The van der Waals surface area contributed by atoms with Crippen LogP contribution in [-0.2, 0) is 0 Å². The van der Waals surface area contributed by atoms with Crippen molar-refractivity contribution in [1.82, 2.24) is 29.8 Å². The molecule has 0 aliphatic heterocycles. The number of para-hydroxylation sites is 1. The van der Waals surface area contributed by atoms with Gasteiger partial charge in [0.1, 0.15) is 5.82 Å². The Morgan fingerprint density at radius 3 is 2.88 bits per heavy atom. The average molecular weight is 486 g/mol. The lowest BCUT2D eigenvalue weighted by Gasteiger charge is -2.21. The molecule has 32 heavy (non-hydrogen) atoms. The van der Waals surface area contributed by atoms with Crippen molar-refractivity contribution in [3.8, 4) is 11.1 Å². The van der Waals surface area contributed by atoms with Gasteiger partial charge in [0, 0.05) is 28.9 Å². The van der Waals surface area contributed by atoms with Crippen LogP contribution in [0, 0.1) is 0 Å². The second kappa shape index (κ2) is 7.56. The molecule has 6 rings (SSSR count). The van der Waals surface area contributed by atoms with Crippen LogP contribution in [0.3, 0.4) is 0 Å². The topological polar surface area (TPSA) is 97.8 Å². The van der Waals surface area contributed by atoms with Crippen LogP contribution in [0.25, 0.3) is 33.3 Å². The van der Waals surface area contributed by atoms with Gasteiger partial charge in [-0.05, 0) is 64.4 Å². The molecule has 1 atom stereocenters. The van der Waals surface area contributed by atoms with Crippen LogP contribution in [0.4, 0.5) is 5.82 Å². The summed E-state index contributed by atoms with van der Waals surface area (Å²) in [6.45, 7) is 0. The molecule has 1 unspecified atom stereocenters. The summed E-state index contributed by atoms with van der Waals surface area (Å²) in [6, 6.07) is 10.2. The van der Waals surface area contributed by atoms with E-state index >= 15 is 0 Å². The first-order chi connectivity index (χ1) is 15.7. The first-order valence-corrected chi connectivity index (χ1v) is 11.3. The fourth-order valence-electron chi connectivity index (χ4n) is 4.47. The van der Waals surface area contributed by atoms with Gasteiger partial charge in [-0.15, -0.1) is 0 Å². The second-order valence-electron chi connectivity index (χ2n) is 8.10. The van der Waals surface area contributed by atoms with Crippen molar-refractivity contribution in [2.24, 2.45) is 0 Å². The van der Waals surface area contributed by atoms with E-state index in [1.54, 1.807) is 4.52 Å². The average Bonchev–Trinajstić information content (AvgIpc) is 3.52. The van der Waals surface area contributed by atoms with Crippen LogP contribution in [0.1, 0.15) is 36.4 Å². The van der Waals surface area contributed by atoms with Crippen molar-refractivity contribution in [3.05, 3.63) is 76.9 Å². The highest BCUT2D eigenvalue weighted by Gasteiger charge is 2.23. The first kappa shape index (κ1) is 19.2. The lowest BCUT2D eigenvalue weighted by molar-refractivity contribution is 0.624. The Morgan fingerprint density at radius 2 is 2.06 bits per heavy atom. The highest BCUT2D eigenvalue weighted by Crippen LogP contribution is 2.39. The molecule has 5 aromatic rings. The van der Waals surface area contributed by atoms with Crippen LogP contribution in [0.2, 0.25) is 0 Å². The molecule has 8 heteroatoms. The van der Waals surface area contributed by atoms with Gasteiger partial charge >= 0.3 is 0 Å². The minimum atomic E-state index is 0.478. The minimum absolute atomic E-state index is 0.478. The van der Waals surface area contributed by atoms with Gasteiger partial charge < -0.3 is 5.73 Å². The number of aromatic nitrogens is 6. The van der Waals surface area contributed by atoms with Gasteiger partial charge in [-0.25, -0.2) is 4.98 Å². The van der Waals surface area contributed by atoms with Crippen LogP contribution in [0.5, 0.6) is 0 Å². The van der Waals surface area contributed by atoms with Gasteiger partial charge in [-0.3, -0.25) is 10.1 Å². The molecule has 1 aliphatic rings. The van der Waals surface area contributed by atoms with Gasteiger partial charge in [0.15, 0.2) is 5.65 Å². The predicted octanol–water partition coefficient (Wildman–Crippen LogP) is 5.36. The van der Waals surface area contributed by atoms with Gasteiger partial charge in [-0.2, -0.15) is 14.7 Å². The maximum absolute atomic E-state index is 6.47. The number of nitrogens with two attached hydrogens (primary N) is 1. The number of rotatable bonds is 3. The van der Waals surface area contributed by atoms with Crippen molar-refractivity contribution in [1.29, 1.82) is 0 Å². The molecular formula is C24H20BrN7. The van der Waals surface area contributed by atoms with E-state index in [2.05, 4.69) is 54.4 Å². The largest absolute Gasteiger partial charge is 0.383 e. The normalized spacial score (nSPS) is 16.5. The molecule has 0 bridgehead atoms. The van der Waals surface area contributed by atoms with Crippen molar-refractivity contribution < 1.29 is 0 Å². The summed E-state index contributed by atoms with van der Waals surface area (Å²) >= 11 is 3.67. The number of allylic oxidation sites excluding steroid dienone is 2. The zero-order chi connectivity index (χ0) is 21.7. The quantitative estimate of drug-likeness (QED) is 0.358. The summed E-state index contributed by atoms with van der Waals surface area (Å²) in [5, 5.41) is 12.6. The number of halogens is 1. The number of benzene rings is 1. The van der Waals surface area contributed by atoms with Gasteiger partial charge in [-0.1, -0.05) is 24.3 Å². The van der Waals surface area contributed by atoms with Crippen LogP contribution >= 0.6 is 15.9 Å². The molecule has 0 spiro atoms. The zero-order valence-electron chi connectivity index (χ0n) is 17.2. The molecule has 4 aromatic heterocycles. The van der Waals surface area contributed by atoms with Crippen molar-refractivity contribution in [3.63, 3.8) is 0 Å². The van der Waals surface area contributed by atoms with E-state index in [9.17, 15) is 0 Å². The summed E-state index contributed by atoms with van der Waals surface area (Å²) in [6.07, 6.45) is 12.8. The predicted molar refractivity (Wildman–Crippen MR) is 129 cm³/mol.